The second-order valence-corrected chi connectivity index (χ2v) is 7.74. The number of nitrogens with zero attached hydrogens (tertiary/aromatic N) is 3. The first-order chi connectivity index (χ1) is 15.2. The number of rotatable bonds is 7. The molecule has 0 aliphatic rings. The van der Waals surface area contributed by atoms with E-state index in [2.05, 4.69) is 16.8 Å². The summed E-state index contributed by atoms with van der Waals surface area (Å²) in [5.74, 6) is 5.18. The number of halogens is 3. The number of hydrogen-bond donors (Lipinski definition) is 2. The lowest BCUT2D eigenvalue weighted by atomic mass is 10.1. The number of aryl methyl sites for hydroxylation is 2. The molecule has 3 aromatic rings. The van der Waals surface area contributed by atoms with Crippen molar-refractivity contribution in [1.29, 1.82) is 0 Å². The van der Waals surface area contributed by atoms with Gasteiger partial charge < -0.3 is 21.1 Å². The van der Waals surface area contributed by atoms with Crippen molar-refractivity contribution in [2.24, 2.45) is 18.0 Å². The monoisotopic (exact) mass is 477 g/mol. The van der Waals surface area contributed by atoms with Crippen LogP contribution in [-0.2, 0) is 24.6 Å². The molecular formula is C22H22Cl2FN5O2. The van der Waals surface area contributed by atoms with Gasteiger partial charge in [0.1, 0.15) is 17.2 Å². The number of aromatic nitrogens is 2. The Balaban J connectivity index is 1.82. The standard InChI is InChI=1S/C22H22Cl2FN5O2/c1-4-16-11-19(30(3)29-16)12(2)31-20(28-27)7-13-5-6-18(24)22(21(13)25)32-17-9-14(23)8-15(26)10-17/h5-6,8-11H,2,4,7,26-27H2,1,3H3/b28-20-. The van der Waals surface area contributed by atoms with Crippen LogP contribution in [0.5, 0.6) is 11.5 Å². The lowest BCUT2D eigenvalue weighted by Crippen LogP contribution is -2.13. The fourth-order valence-electron chi connectivity index (χ4n) is 2.99. The van der Waals surface area contributed by atoms with Crippen LogP contribution in [0.3, 0.4) is 0 Å². The minimum atomic E-state index is -0.694. The van der Waals surface area contributed by atoms with Gasteiger partial charge in [0.05, 0.1) is 17.1 Å². The molecule has 0 unspecified atom stereocenters. The molecule has 0 aliphatic carbocycles. The van der Waals surface area contributed by atoms with Gasteiger partial charge in [-0.1, -0.05) is 42.8 Å². The summed E-state index contributed by atoms with van der Waals surface area (Å²) in [5, 5.41) is 8.40. The van der Waals surface area contributed by atoms with Crippen molar-refractivity contribution in [3.05, 3.63) is 75.8 Å². The highest BCUT2D eigenvalue weighted by Crippen LogP contribution is 2.36. The van der Waals surface area contributed by atoms with E-state index in [4.69, 9.17) is 44.3 Å². The van der Waals surface area contributed by atoms with Gasteiger partial charge in [-0.05, 0) is 30.7 Å². The summed E-state index contributed by atoms with van der Waals surface area (Å²) < 4.78 is 28.2. The van der Waals surface area contributed by atoms with Crippen molar-refractivity contribution in [1.82, 2.24) is 9.78 Å². The first kappa shape index (κ1) is 23.4. The molecule has 7 nitrogen and oxygen atoms in total. The summed E-state index contributed by atoms with van der Waals surface area (Å²) in [7, 11) is 1.77. The average molecular weight is 478 g/mol. The molecule has 1 aromatic heterocycles. The van der Waals surface area contributed by atoms with Crippen LogP contribution < -0.4 is 16.3 Å². The van der Waals surface area contributed by atoms with Gasteiger partial charge in [0.2, 0.25) is 5.90 Å². The van der Waals surface area contributed by atoms with E-state index in [1.807, 2.05) is 13.0 Å². The Morgan fingerprint density at radius 2 is 2.00 bits per heavy atom. The molecule has 0 saturated carbocycles. The van der Waals surface area contributed by atoms with Gasteiger partial charge in [-0.3, -0.25) is 4.68 Å². The number of benzene rings is 2. The topological polar surface area (TPSA) is 101 Å². The van der Waals surface area contributed by atoms with Crippen LogP contribution in [-0.4, -0.2) is 15.7 Å². The van der Waals surface area contributed by atoms with E-state index in [-0.39, 0.29) is 40.2 Å². The quantitative estimate of drug-likeness (QED) is 0.120. The molecule has 0 aliphatic heterocycles. The van der Waals surface area contributed by atoms with E-state index < -0.39 is 5.82 Å². The molecule has 168 valence electrons. The van der Waals surface area contributed by atoms with Crippen molar-refractivity contribution < 1.29 is 13.9 Å². The second kappa shape index (κ2) is 9.93. The number of ether oxygens (including phenoxy) is 2. The molecule has 0 radical (unpaired) electrons. The summed E-state index contributed by atoms with van der Waals surface area (Å²) in [6, 6.07) is 9.39. The zero-order chi connectivity index (χ0) is 23.4. The summed E-state index contributed by atoms with van der Waals surface area (Å²) >= 11 is 12.1. The van der Waals surface area contributed by atoms with E-state index in [1.54, 1.807) is 17.8 Å². The number of hydrazone groups is 1. The van der Waals surface area contributed by atoms with Crippen molar-refractivity contribution in [2.45, 2.75) is 19.8 Å². The van der Waals surface area contributed by atoms with Crippen molar-refractivity contribution in [3.8, 4) is 11.5 Å². The fourth-order valence-corrected chi connectivity index (χ4v) is 3.41. The van der Waals surface area contributed by atoms with Crippen LogP contribution in [0.25, 0.3) is 5.76 Å². The van der Waals surface area contributed by atoms with Gasteiger partial charge in [0, 0.05) is 29.4 Å². The van der Waals surface area contributed by atoms with Gasteiger partial charge >= 0.3 is 0 Å². The molecule has 3 rings (SSSR count). The molecule has 1 heterocycles. The van der Waals surface area contributed by atoms with Crippen LogP contribution in [0.1, 0.15) is 23.9 Å². The van der Waals surface area contributed by atoms with E-state index in [0.717, 1.165) is 12.1 Å². The van der Waals surface area contributed by atoms with Crippen molar-refractivity contribution in [2.75, 3.05) is 5.73 Å². The third-order valence-electron chi connectivity index (χ3n) is 4.55. The Hall–Kier alpha value is -3.23. The molecular weight excluding hydrogens is 456 g/mol. The Bertz CT molecular complexity index is 1170. The minimum Gasteiger partial charge on any atom is -0.453 e. The maximum atomic E-state index is 15.2. The zero-order valence-electron chi connectivity index (χ0n) is 17.5. The van der Waals surface area contributed by atoms with E-state index in [9.17, 15) is 0 Å². The maximum absolute atomic E-state index is 15.2. The van der Waals surface area contributed by atoms with Gasteiger partial charge in [0.15, 0.2) is 11.6 Å². The third-order valence-corrected chi connectivity index (χ3v) is 5.06. The SMILES string of the molecule is C=C(O/C(Cc1ccc(Cl)c(Oc2cc(N)cc(Cl)c2)c1F)=N\N)c1cc(CC)nn1C. The average Bonchev–Trinajstić information content (AvgIpc) is 3.12. The van der Waals surface area contributed by atoms with Crippen molar-refractivity contribution in [3.63, 3.8) is 0 Å². The van der Waals surface area contributed by atoms with Gasteiger partial charge in [0.25, 0.3) is 0 Å². The molecule has 0 bridgehead atoms. The molecule has 4 N–H and O–H groups in total. The highest BCUT2D eigenvalue weighted by Gasteiger charge is 2.19. The smallest absolute Gasteiger partial charge is 0.216 e. The molecule has 10 heteroatoms. The van der Waals surface area contributed by atoms with Crippen LogP contribution in [0.4, 0.5) is 10.1 Å². The number of nitrogens with two attached hydrogens (primary N) is 2. The van der Waals surface area contributed by atoms with E-state index in [1.165, 1.54) is 24.3 Å². The highest BCUT2D eigenvalue weighted by atomic mass is 35.5. The normalized spacial score (nSPS) is 11.5. The van der Waals surface area contributed by atoms with Crippen LogP contribution in [0.15, 0.2) is 48.1 Å². The van der Waals surface area contributed by atoms with Gasteiger partial charge in [-0.2, -0.15) is 5.10 Å². The predicted octanol–water partition coefficient (Wildman–Crippen LogP) is 5.31. The molecule has 0 saturated heterocycles. The Labute approximate surface area is 195 Å². The molecule has 0 atom stereocenters. The molecule has 2 aromatic carbocycles. The van der Waals surface area contributed by atoms with Crippen LogP contribution >= 0.6 is 23.2 Å². The summed E-state index contributed by atoms with van der Waals surface area (Å²) in [6.45, 7) is 5.90. The number of nitrogen functional groups attached to an aromatic ring is 1. The van der Waals surface area contributed by atoms with Gasteiger partial charge in [-0.25, -0.2) is 4.39 Å². The summed E-state index contributed by atoms with van der Waals surface area (Å²) in [5.41, 5.74) is 7.87. The maximum Gasteiger partial charge on any atom is 0.216 e. The summed E-state index contributed by atoms with van der Waals surface area (Å²) in [6.07, 6.45) is 0.695. The Morgan fingerprint density at radius 1 is 1.25 bits per heavy atom. The molecule has 0 fully saturated rings. The first-order valence-corrected chi connectivity index (χ1v) is 10.3. The number of anilines is 1. The fraction of sp³-hybridized carbons (Fsp3) is 0.182. The molecule has 0 spiro atoms. The first-order valence-electron chi connectivity index (χ1n) is 9.59. The highest BCUT2D eigenvalue weighted by molar-refractivity contribution is 6.32. The third kappa shape index (κ3) is 5.33. The number of hydrogen-bond acceptors (Lipinski definition) is 6. The lowest BCUT2D eigenvalue weighted by Gasteiger charge is -2.14. The largest absolute Gasteiger partial charge is 0.453 e. The summed E-state index contributed by atoms with van der Waals surface area (Å²) in [4.78, 5) is 0. The Morgan fingerprint density at radius 3 is 2.62 bits per heavy atom. The molecule has 0 amide bonds. The van der Waals surface area contributed by atoms with Gasteiger partial charge in [-0.15, -0.1) is 5.10 Å². The zero-order valence-corrected chi connectivity index (χ0v) is 19.0. The van der Waals surface area contributed by atoms with E-state index in [0.29, 0.717) is 16.4 Å². The van der Waals surface area contributed by atoms with Crippen LogP contribution in [0, 0.1) is 5.82 Å². The predicted molar refractivity (Wildman–Crippen MR) is 125 cm³/mol. The molecule has 32 heavy (non-hydrogen) atoms. The van der Waals surface area contributed by atoms with Crippen LogP contribution in [0.2, 0.25) is 10.0 Å². The van der Waals surface area contributed by atoms with E-state index >= 15 is 4.39 Å². The minimum absolute atomic E-state index is 0.0495. The second-order valence-electron chi connectivity index (χ2n) is 6.89. The Kier molecular flexibility index (Phi) is 7.27. The van der Waals surface area contributed by atoms with Crippen molar-refractivity contribution >= 4 is 40.5 Å². The lowest BCUT2D eigenvalue weighted by molar-refractivity contribution is 0.438.